The van der Waals surface area contributed by atoms with Crippen LogP contribution < -0.4 is 0 Å². The first-order valence-electron chi connectivity index (χ1n) is 6.13. The van der Waals surface area contributed by atoms with Crippen LogP contribution in [-0.4, -0.2) is 6.04 Å². The van der Waals surface area contributed by atoms with Crippen molar-refractivity contribution < 1.29 is 0 Å². The van der Waals surface area contributed by atoms with Gasteiger partial charge in [0, 0.05) is 11.0 Å². The first-order chi connectivity index (χ1) is 7.41. The highest BCUT2D eigenvalue weighted by Gasteiger charge is 2.37. The normalized spacial score (nSPS) is 30.1. The maximum atomic E-state index is 8.52. The van der Waals surface area contributed by atoms with Crippen LogP contribution in [0.2, 0.25) is 0 Å². The fraction of sp³-hybridized carbons (Fsp3) is 0.846. The molecule has 3 nitrogen and oxygen atoms in total. The van der Waals surface area contributed by atoms with Gasteiger partial charge in [-0.05, 0) is 50.0 Å². The molecule has 1 rings (SSSR count). The van der Waals surface area contributed by atoms with Gasteiger partial charge in [-0.25, -0.2) is 0 Å². The van der Waals surface area contributed by atoms with E-state index in [1.165, 1.54) is 11.1 Å². The van der Waals surface area contributed by atoms with Crippen LogP contribution in [0, 0.1) is 11.3 Å². The Kier molecular flexibility index (Phi) is 4.03. The molecule has 16 heavy (non-hydrogen) atoms. The Hall–Kier alpha value is -0.950. The zero-order chi connectivity index (χ0) is 12.3. The van der Waals surface area contributed by atoms with Gasteiger partial charge >= 0.3 is 0 Å². The van der Waals surface area contributed by atoms with Crippen molar-refractivity contribution >= 4 is 0 Å². The van der Waals surface area contributed by atoms with Crippen molar-refractivity contribution in [2.75, 3.05) is 0 Å². The van der Waals surface area contributed by atoms with Gasteiger partial charge in [0.1, 0.15) is 0 Å². The second-order valence-electron chi connectivity index (χ2n) is 5.65. The van der Waals surface area contributed by atoms with E-state index in [2.05, 4.69) is 44.6 Å². The molecule has 0 aliphatic heterocycles. The lowest BCUT2D eigenvalue weighted by molar-refractivity contribution is 0.202. The van der Waals surface area contributed by atoms with E-state index < -0.39 is 0 Å². The average molecular weight is 221 g/mol. The van der Waals surface area contributed by atoms with Gasteiger partial charge in [0.05, 0.1) is 0 Å². The van der Waals surface area contributed by atoms with E-state index >= 15 is 0 Å². The first-order valence-corrected chi connectivity index (χ1v) is 6.13. The quantitative estimate of drug-likeness (QED) is 0.277. The Bertz CT molecular complexity index is 333. The predicted molar refractivity (Wildman–Crippen MR) is 68.1 cm³/mol. The maximum Gasteiger partial charge on any atom is 0.0411 e. The molecule has 0 aromatic heterocycles. The Balaban J connectivity index is 3.02. The van der Waals surface area contributed by atoms with Crippen LogP contribution in [0.4, 0.5) is 0 Å². The molecule has 2 atom stereocenters. The molecule has 0 radical (unpaired) electrons. The minimum absolute atomic E-state index is 0.168. The molecular weight excluding hydrogens is 198 g/mol. The van der Waals surface area contributed by atoms with Gasteiger partial charge in [0.25, 0.3) is 0 Å². The molecule has 1 aliphatic rings. The van der Waals surface area contributed by atoms with Gasteiger partial charge in [0.15, 0.2) is 0 Å². The average Bonchev–Trinajstić information content (AvgIpc) is 2.20. The molecule has 0 amide bonds. The van der Waals surface area contributed by atoms with Crippen molar-refractivity contribution in [3.8, 4) is 0 Å². The molecule has 0 bridgehead atoms. The van der Waals surface area contributed by atoms with E-state index in [1.807, 2.05) is 0 Å². The Morgan fingerprint density at radius 2 is 2.12 bits per heavy atom. The van der Waals surface area contributed by atoms with Gasteiger partial charge < -0.3 is 0 Å². The van der Waals surface area contributed by atoms with Gasteiger partial charge in [-0.15, -0.1) is 0 Å². The molecule has 0 aromatic rings. The Morgan fingerprint density at radius 1 is 1.50 bits per heavy atom. The van der Waals surface area contributed by atoms with Gasteiger partial charge in [-0.2, -0.15) is 0 Å². The Labute approximate surface area is 98.6 Å². The molecule has 1 fully saturated rings. The summed E-state index contributed by atoms with van der Waals surface area (Å²) in [6.45, 7) is 11.3. The van der Waals surface area contributed by atoms with Crippen molar-refractivity contribution in [2.24, 2.45) is 16.4 Å². The third-order valence-corrected chi connectivity index (χ3v) is 4.22. The molecule has 0 heterocycles. The summed E-state index contributed by atoms with van der Waals surface area (Å²) in [5.74, 6) is 0.643. The summed E-state index contributed by atoms with van der Waals surface area (Å²) in [5, 5.41) is 3.89. The van der Waals surface area contributed by atoms with Crippen molar-refractivity contribution in [1.29, 1.82) is 0 Å². The van der Waals surface area contributed by atoms with Gasteiger partial charge in [-0.1, -0.05) is 37.0 Å². The third kappa shape index (κ3) is 2.41. The minimum Gasteiger partial charge on any atom is -0.0903 e. The van der Waals surface area contributed by atoms with Gasteiger partial charge in [0.2, 0.25) is 0 Å². The lowest BCUT2D eigenvalue weighted by Gasteiger charge is -2.43. The summed E-state index contributed by atoms with van der Waals surface area (Å²) in [6, 6.07) is 0.168. The lowest BCUT2D eigenvalue weighted by Crippen LogP contribution is -2.34. The minimum atomic E-state index is 0.168. The molecule has 0 saturated heterocycles. The molecule has 3 heteroatoms. The second kappa shape index (κ2) is 4.92. The van der Waals surface area contributed by atoms with E-state index in [9.17, 15) is 0 Å². The number of allylic oxidation sites excluding steroid dienone is 1. The fourth-order valence-corrected chi connectivity index (χ4v) is 2.77. The summed E-state index contributed by atoms with van der Waals surface area (Å²) in [6.07, 6.45) is 3.10. The van der Waals surface area contributed by atoms with Gasteiger partial charge in [-0.3, -0.25) is 0 Å². The maximum absolute atomic E-state index is 8.52. The first kappa shape index (κ1) is 13.1. The summed E-state index contributed by atoms with van der Waals surface area (Å²) >= 11 is 0. The molecule has 0 spiro atoms. The molecule has 90 valence electrons. The SMILES string of the molecule is CC(C)=C1CC(N=[N+]=[N-])CC[C@]1(C)C(C)C. The van der Waals surface area contributed by atoms with Crippen LogP contribution in [0.25, 0.3) is 10.4 Å². The van der Waals surface area contributed by atoms with E-state index in [4.69, 9.17) is 5.53 Å². The molecule has 0 aromatic carbocycles. The zero-order valence-electron chi connectivity index (χ0n) is 11.1. The van der Waals surface area contributed by atoms with Crippen molar-refractivity contribution in [2.45, 2.75) is 59.9 Å². The van der Waals surface area contributed by atoms with E-state index in [-0.39, 0.29) is 6.04 Å². The van der Waals surface area contributed by atoms with E-state index in [0.29, 0.717) is 11.3 Å². The topological polar surface area (TPSA) is 48.8 Å². The smallest absolute Gasteiger partial charge is 0.0411 e. The summed E-state index contributed by atoms with van der Waals surface area (Å²) in [5.41, 5.74) is 11.7. The van der Waals surface area contributed by atoms with Crippen molar-refractivity contribution in [3.05, 3.63) is 21.6 Å². The zero-order valence-corrected chi connectivity index (χ0v) is 11.1. The molecular formula is C13H23N3. The lowest BCUT2D eigenvalue weighted by atomic mass is 9.63. The molecule has 1 aliphatic carbocycles. The number of azide groups is 1. The largest absolute Gasteiger partial charge is 0.0903 e. The van der Waals surface area contributed by atoms with Crippen LogP contribution in [0.1, 0.15) is 53.9 Å². The number of hydrogen-bond donors (Lipinski definition) is 0. The number of rotatable bonds is 2. The summed E-state index contributed by atoms with van der Waals surface area (Å²) in [4.78, 5) is 2.95. The molecule has 0 N–H and O–H groups in total. The molecule has 1 saturated carbocycles. The van der Waals surface area contributed by atoms with Crippen LogP contribution in [0.5, 0.6) is 0 Å². The standard InChI is InChI=1S/C13H23N3/c1-9(2)12-8-11(15-16-14)6-7-13(12,5)10(3)4/h10-11H,6-8H2,1-5H3/t11?,13-/m1/s1. The monoisotopic (exact) mass is 221 g/mol. The molecule has 1 unspecified atom stereocenters. The highest BCUT2D eigenvalue weighted by molar-refractivity contribution is 5.23. The highest BCUT2D eigenvalue weighted by atomic mass is 15.1. The fourth-order valence-electron chi connectivity index (χ4n) is 2.77. The van der Waals surface area contributed by atoms with E-state index in [1.54, 1.807) is 0 Å². The highest BCUT2D eigenvalue weighted by Crippen LogP contribution is 2.47. The van der Waals surface area contributed by atoms with Crippen LogP contribution >= 0.6 is 0 Å². The predicted octanol–water partition coefficient (Wildman–Crippen LogP) is 4.85. The van der Waals surface area contributed by atoms with Crippen LogP contribution in [-0.2, 0) is 0 Å². The number of nitrogens with zero attached hydrogens (tertiary/aromatic N) is 3. The van der Waals surface area contributed by atoms with Crippen molar-refractivity contribution in [3.63, 3.8) is 0 Å². The van der Waals surface area contributed by atoms with Crippen LogP contribution in [0.3, 0.4) is 0 Å². The summed E-state index contributed by atoms with van der Waals surface area (Å²) in [7, 11) is 0. The second-order valence-corrected chi connectivity index (χ2v) is 5.65. The number of hydrogen-bond acceptors (Lipinski definition) is 1. The Morgan fingerprint density at radius 3 is 2.56 bits per heavy atom. The summed E-state index contributed by atoms with van der Waals surface area (Å²) < 4.78 is 0. The van der Waals surface area contributed by atoms with Crippen molar-refractivity contribution in [1.82, 2.24) is 0 Å². The van der Waals surface area contributed by atoms with Crippen LogP contribution in [0.15, 0.2) is 16.3 Å². The van der Waals surface area contributed by atoms with E-state index in [0.717, 1.165) is 19.3 Å². The third-order valence-electron chi connectivity index (χ3n) is 4.22.